The predicted octanol–water partition coefficient (Wildman–Crippen LogP) is 1.23. The molecule has 0 aliphatic rings. The number of aryl methyl sites for hydroxylation is 1. The number of imidazole rings is 1. The number of carbonyl (C=O) groups excluding carboxylic acids is 4. The fraction of sp³-hybridized carbons (Fsp3) is 0.724. The molecule has 0 bridgehead atoms. The fourth-order valence-corrected chi connectivity index (χ4v) is 3.84. The topological polar surface area (TPSA) is 195 Å². The van der Waals surface area contributed by atoms with Gasteiger partial charge in [0.15, 0.2) is 5.78 Å². The normalized spacial score (nSPS) is 11.7. The van der Waals surface area contributed by atoms with Crippen molar-refractivity contribution >= 4 is 29.4 Å². The molecule has 1 rings (SSSR count). The number of carbonyl (C=O) groups is 5. The van der Waals surface area contributed by atoms with E-state index >= 15 is 0 Å². The molecule has 0 unspecified atom stereocenters. The van der Waals surface area contributed by atoms with Crippen LogP contribution >= 0.6 is 0 Å². The van der Waals surface area contributed by atoms with Gasteiger partial charge >= 0.3 is 5.97 Å². The molecule has 0 aromatic carbocycles. The van der Waals surface area contributed by atoms with Gasteiger partial charge < -0.3 is 39.7 Å². The zero-order chi connectivity index (χ0) is 31.5. The Balaban J connectivity index is 1.91. The number of ketones is 2. The first-order chi connectivity index (χ1) is 20.8. The van der Waals surface area contributed by atoms with Gasteiger partial charge in [-0.25, -0.2) is 4.98 Å². The van der Waals surface area contributed by atoms with Crippen molar-refractivity contribution in [2.75, 3.05) is 65.9 Å². The Morgan fingerprint density at radius 2 is 1.47 bits per heavy atom. The summed E-state index contributed by atoms with van der Waals surface area (Å²) >= 11 is 0. The second-order valence-corrected chi connectivity index (χ2v) is 9.88. The number of aromatic amines is 1. The molecular formula is C29H48N4O10. The lowest BCUT2D eigenvalue weighted by atomic mass is 9.94. The number of hydrogen-bond acceptors (Lipinski definition) is 10. The lowest BCUT2D eigenvalue weighted by Gasteiger charge is -2.11. The van der Waals surface area contributed by atoms with E-state index in [9.17, 15) is 29.1 Å². The average molecular weight is 613 g/mol. The number of nitrogens with one attached hydrogen (secondary N) is 3. The molecule has 0 spiro atoms. The molecule has 1 atom stereocenters. The van der Waals surface area contributed by atoms with Crippen LogP contribution in [0, 0.1) is 5.92 Å². The minimum Gasteiger partial charge on any atom is -0.481 e. The zero-order valence-electron chi connectivity index (χ0n) is 25.2. The highest BCUT2D eigenvalue weighted by Crippen LogP contribution is 2.17. The number of ether oxygens (including phenoxy) is 4. The number of carboxylic acid groups (broad SMARTS) is 1. The van der Waals surface area contributed by atoms with E-state index in [1.807, 2.05) is 0 Å². The van der Waals surface area contributed by atoms with Gasteiger partial charge in [0, 0.05) is 50.7 Å². The summed E-state index contributed by atoms with van der Waals surface area (Å²) in [5.74, 6) is -2.10. The zero-order valence-corrected chi connectivity index (χ0v) is 25.2. The Kier molecular flexibility index (Phi) is 22.3. The van der Waals surface area contributed by atoms with Crippen molar-refractivity contribution in [2.24, 2.45) is 5.92 Å². The van der Waals surface area contributed by atoms with Crippen LogP contribution < -0.4 is 10.6 Å². The molecule has 14 heteroatoms. The summed E-state index contributed by atoms with van der Waals surface area (Å²) in [6.45, 7) is 4.23. The number of carboxylic acids is 1. The lowest BCUT2D eigenvalue weighted by Crippen LogP contribution is -2.31. The van der Waals surface area contributed by atoms with Crippen molar-refractivity contribution in [2.45, 2.75) is 64.7 Å². The first-order valence-electron chi connectivity index (χ1n) is 14.9. The van der Waals surface area contributed by atoms with E-state index in [-0.39, 0.29) is 69.3 Å². The average Bonchev–Trinajstić information content (AvgIpc) is 3.51. The van der Waals surface area contributed by atoms with Crippen molar-refractivity contribution in [3.05, 3.63) is 18.2 Å². The second kappa shape index (κ2) is 25.3. The standard InChI is InChI=1S/C29H48N4O10/c1-2-27(36)31-10-12-40-15-17-43-21-28(37)32-11-13-41-14-16-42-20-26(35)7-5-3-4-6-23(29(38)39)18-25(34)9-8-24-19-30-22-33-24/h19,22-23H,2-18,20-21H2,1H3,(H,30,33)(H,31,36)(H,32,37)(H,38,39)/t23-/m1/s1. The summed E-state index contributed by atoms with van der Waals surface area (Å²) in [5, 5.41) is 14.8. The van der Waals surface area contributed by atoms with Gasteiger partial charge in [0.05, 0.1) is 51.9 Å². The molecule has 0 saturated carbocycles. The highest BCUT2D eigenvalue weighted by molar-refractivity contribution is 5.84. The van der Waals surface area contributed by atoms with Gasteiger partial charge in [-0.05, 0) is 19.3 Å². The maximum atomic E-state index is 12.2. The molecule has 1 aromatic rings. The molecular weight excluding hydrogens is 564 g/mol. The number of hydrogen-bond donors (Lipinski definition) is 4. The molecule has 2 amide bonds. The molecule has 1 aromatic heterocycles. The van der Waals surface area contributed by atoms with Crippen LogP contribution in [0.1, 0.15) is 64.0 Å². The lowest BCUT2D eigenvalue weighted by molar-refractivity contribution is -0.144. The number of unbranched alkanes of at least 4 members (excludes halogenated alkanes) is 2. The van der Waals surface area contributed by atoms with E-state index in [4.69, 9.17) is 18.9 Å². The smallest absolute Gasteiger partial charge is 0.306 e. The van der Waals surface area contributed by atoms with Crippen LogP contribution in [-0.2, 0) is 49.3 Å². The Morgan fingerprint density at radius 1 is 0.814 bits per heavy atom. The minimum atomic E-state index is -0.970. The van der Waals surface area contributed by atoms with Gasteiger partial charge in [0.25, 0.3) is 0 Å². The van der Waals surface area contributed by atoms with Crippen molar-refractivity contribution < 1.29 is 48.0 Å². The third-order valence-electron chi connectivity index (χ3n) is 6.26. The molecule has 244 valence electrons. The quantitative estimate of drug-likeness (QED) is 0.0950. The highest BCUT2D eigenvalue weighted by atomic mass is 16.5. The van der Waals surface area contributed by atoms with Crippen LogP contribution in [0.2, 0.25) is 0 Å². The van der Waals surface area contributed by atoms with Crippen LogP contribution in [0.5, 0.6) is 0 Å². The van der Waals surface area contributed by atoms with Crippen molar-refractivity contribution in [3.8, 4) is 0 Å². The van der Waals surface area contributed by atoms with E-state index in [0.717, 1.165) is 5.69 Å². The molecule has 0 aliphatic carbocycles. The summed E-state index contributed by atoms with van der Waals surface area (Å²) < 4.78 is 21.2. The fourth-order valence-electron chi connectivity index (χ4n) is 3.84. The molecule has 14 nitrogen and oxygen atoms in total. The number of amides is 2. The molecule has 0 fully saturated rings. The molecule has 0 aliphatic heterocycles. The van der Waals surface area contributed by atoms with Gasteiger partial charge in [-0.1, -0.05) is 19.8 Å². The van der Waals surface area contributed by atoms with Crippen LogP contribution in [0.15, 0.2) is 12.5 Å². The summed E-state index contributed by atoms with van der Waals surface area (Å²) in [7, 11) is 0. The summed E-state index contributed by atoms with van der Waals surface area (Å²) in [6, 6.07) is 0. The number of Topliss-reactive ketones (excluding diaryl/α,β-unsaturated/α-hetero) is 2. The van der Waals surface area contributed by atoms with Crippen LogP contribution in [0.3, 0.4) is 0 Å². The number of H-pyrrole nitrogens is 1. The number of nitrogens with zero attached hydrogens (tertiary/aromatic N) is 1. The van der Waals surface area contributed by atoms with Gasteiger partial charge in [0.2, 0.25) is 11.8 Å². The Hall–Kier alpha value is -3.20. The monoisotopic (exact) mass is 612 g/mol. The van der Waals surface area contributed by atoms with Gasteiger partial charge in [-0.2, -0.15) is 0 Å². The first-order valence-corrected chi connectivity index (χ1v) is 14.9. The van der Waals surface area contributed by atoms with Crippen molar-refractivity contribution in [1.29, 1.82) is 0 Å². The number of aliphatic carboxylic acids is 1. The molecule has 0 radical (unpaired) electrons. The molecule has 43 heavy (non-hydrogen) atoms. The van der Waals surface area contributed by atoms with Crippen LogP contribution in [-0.4, -0.2) is 110 Å². The third kappa shape index (κ3) is 22.1. The molecule has 4 N–H and O–H groups in total. The molecule has 1 heterocycles. The Morgan fingerprint density at radius 3 is 2.09 bits per heavy atom. The van der Waals surface area contributed by atoms with E-state index in [0.29, 0.717) is 77.9 Å². The third-order valence-corrected chi connectivity index (χ3v) is 6.26. The van der Waals surface area contributed by atoms with Crippen LogP contribution in [0.4, 0.5) is 0 Å². The molecule has 0 saturated heterocycles. The first kappa shape index (κ1) is 37.8. The predicted molar refractivity (Wildman–Crippen MR) is 155 cm³/mol. The maximum Gasteiger partial charge on any atom is 0.306 e. The van der Waals surface area contributed by atoms with E-state index in [1.54, 1.807) is 19.4 Å². The van der Waals surface area contributed by atoms with Crippen LogP contribution in [0.25, 0.3) is 0 Å². The summed E-state index contributed by atoms with van der Waals surface area (Å²) in [4.78, 5) is 65.3. The largest absolute Gasteiger partial charge is 0.481 e. The van der Waals surface area contributed by atoms with Gasteiger partial charge in [-0.15, -0.1) is 0 Å². The van der Waals surface area contributed by atoms with Crippen molar-refractivity contribution in [1.82, 2.24) is 20.6 Å². The Bertz CT molecular complexity index is 926. The minimum absolute atomic E-state index is 0.0127. The van der Waals surface area contributed by atoms with E-state index < -0.39 is 11.9 Å². The summed E-state index contributed by atoms with van der Waals surface area (Å²) in [6.07, 6.45) is 7.13. The van der Waals surface area contributed by atoms with E-state index in [1.165, 1.54) is 0 Å². The number of aromatic nitrogens is 2. The van der Waals surface area contributed by atoms with Crippen molar-refractivity contribution in [3.63, 3.8) is 0 Å². The maximum absolute atomic E-state index is 12.2. The van der Waals surface area contributed by atoms with E-state index in [2.05, 4.69) is 20.6 Å². The van der Waals surface area contributed by atoms with Gasteiger partial charge in [-0.3, -0.25) is 24.0 Å². The highest BCUT2D eigenvalue weighted by Gasteiger charge is 2.20. The van der Waals surface area contributed by atoms with Gasteiger partial charge in [0.1, 0.15) is 19.0 Å². The second-order valence-electron chi connectivity index (χ2n) is 9.88. The summed E-state index contributed by atoms with van der Waals surface area (Å²) in [5.41, 5.74) is 0.844. The number of rotatable bonds is 29. The Labute approximate surface area is 253 Å². The SMILES string of the molecule is CCC(=O)NCCOCCOCC(=O)NCCOCCOCC(=O)CCCCC[C@H](CC(=O)CCc1cnc[nH]1)C(=O)O.